The Kier molecular flexibility index (Phi) is 4.45. The van der Waals surface area contributed by atoms with E-state index in [0.717, 1.165) is 10.0 Å². The molecule has 0 saturated heterocycles. The highest BCUT2D eigenvalue weighted by Gasteiger charge is 2.05. The Hall–Kier alpha value is -1.52. The van der Waals surface area contributed by atoms with Crippen LogP contribution in [0.25, 0.3) is 0 Å². The number of hydrogen-bond donors (Lipinski definition) is 2. The smallest absolute Gasteiger partial charge is 0.228 e. The summed E-state index contributed by atoms with van der Waals surface area (Å²) in [6.45, 7) is 0. The molecular formula is C14H11BrClNO2. The number of nitrogens with one attached hydrogen (secondary N) is 1. The summed E-state index contributed by atoms with van der Waals surface area (Å²) in [6.07, 6.45) is 0.251. The van der Waals surface area contributed by atoms with E-state index < -0.39 is 0 Å². The number of benzene rings is 2. The third-order valence-corrected chi connectivity index (χ3v) is 3.72. The van der Waals surface area contributed by atoms with Gasteiger partial charge in [0.05, 0.1) is 11.4 Å². The number of phenols is 1. The first-order valence-corrected chi connectivity index (χ1v) is 6.74. The molecule has 0 aliphatic heterocycles. The van der Waals surface area contributed by atoms with Crippen LogP contribution in [0.5, 0.6) is 5.75 Å². The minimum Gasteiger partial charge on any atom is -0.508 e. The topological polar surface area (TPSA) is 49.3 Å². The van der Waals surface area contributed by atoms with Crippen molar-refractivity contribution in [2.75, 3.05) is 5.32 Å². The van der Waals surface area contributed by atoms with Gasteiger partial charge in [-0.1, -0.05) is 23.7 Å². The summed E-state index contributed by atoms with van der Waals surface area (Å²) in [5.41, 5.74) is 1.52. The SMILES string of the molecule is O=C(Cc1ccc(O)cc1)Nc1ccc(Cl)c(Br)c1. The second-order valence-corrected chi connectivity index (χ2v) is 5.28. The van der Waals surface area contributed by atoms with Crippen LogP contribution in [-0.2, 0) is 11.2 Å². The summed E-state index contributed by atoms with van der Waals surface area (Å²) in [7, 11) is 0. The predicted octanol–water partition coefficient (Wildman–Crippen LogP) is 3.99. The summed E-state index contributed by atoms with van der Waals surface area (Å²) in [5, 5.41) is 12.5. The zero-order chi connectivity index (χ0) is 13.8. The van der Waals surface area contributed by atoms with E-state index in [4.69, 9.17) is 16.7 Å². The predicted molar refractivity (Wildman–Crippen MR) is 79.6 cm³/mol. The largest absolute Gasteiger partial charge is 0.508 e. The fourth-order valence-electron chi connectivity index (χ4n) is 1.58. The molecule has 2 aromatic rings. The lowest BCUT2D eigenvalue weighted by Crippen LogP contribution is -2.14. The molecule has 5 heteroatoms. The van der Waals surface area contributed by atoms with E-state index in [9.17, 15) is 4.79 Å². The van der Waals surface area contributed by atoms with Crippen LogP contribution in [0.15, 0.2) is 46.9 Å². The fourth-order valence-corrected chi connectivity index (χ4v) is 2.07. The van der Waals surface area contributed by atoms with Crippen LogP contribution in [0.2, 0.25) is 5.02 Å². The standard InChI is InChI=1S/C14H11BrClNO2/c15-12-8-10(3-6-13(12)16)17-14(19)7-9-1-4-11(18)5-2-9/h1-6,8,18H,7H2,(H,17,19). The number of amides is 1. The van der Waals surface area contributed by atoms with Crippen molar-refractivity contribution >= 4 is 39.1 Å². The number of carbonyl (C=O) groups is 1. The van der Waals surface area contributed by atoms with Gasteiger partial charge in [-0.25, -0.2) is 0 Å². The maximum Gasteiger partial charge on any atom is 0.228 e. The Balaban J connectivity index is 2.01. The molecule has 2 aromatic carbocycles. The molecule has 0 aliphatic carbocycles. The lowest BCUT2D eigenvalue weighted by atomic mass is 10.1. The monoisotopic (exact) mass is 339 g/mol. The highest BCUT2D eigenvalue weighted by Crippen LogP contribution is 2.25. The number of halogens is 2. The van der Waals surface area contributed by atoms with Crippen LogP contribution in [0.1, 0.15) is 5.56 Å². The fraction of sp³-hybridized carbons (Fsp3) is 0.0714. The summed E-state index contributed by atoms with van der Waals surface area (Å²) < 4.78 is 0.733. The van der Waals surface area contributed by atoms with Crippen molar-refractivity contribution < 1.29 is 9.90 Å². The number of anilines is 1. The molecule has 0 heterocycles. The van der Waals surface area contributed by atoms with Crippen molar-refractivity contribution in [1.29, 1.82) is 0 Å². The van der Waals surface area contributed by atoms with Gasteiger partial charge in [0.15, 0.2) is 0 Å². The number of aromatic hydroxyl groups is 1. The molecule has 0 spiro atoms. The van der Waals surface area contributed by atoms with E-state index >= 15 is 0 Å². The van der Waals surface area contributed by atoms with E-state index in [2.05, 4.69) is 21.2 Å². The van der Waals surface area contributed by atoms with Crippen molar-refractivity contribution in [2.24, 2.45) is 0 Å². The molecule has 2 rings (SSSR count). The van der Waals surface area contributed by atoms with E-state index in [1.807, 2.05) is 0 Å². The van der Waals surface area contributed by atoms with Gasteiger partial charge in [-0.15, -0.1) is 0 Å². The molecule has 0 saturated carbocycles. The second-order valence-electron chi connectivity index (χ2n) is 4.02. The molecule has 0 unspecified atom stereocenters. The van der Waals surface area contributed by atoms with Crippen LogP contribution in [0.4, 0.5) is 5.69 Å². The molecule has 1 amide bonds. The Labute approximate surface area is 124 Å². The van der Waals surface area contributed by atoms with Gasteiger partial charge in [0.25, 0.3) is 0 Å². The van der Waals surface area contributed by atoms with Crippen LogP contribution in [0, 0.1) is 0 Å². The Morgan fingerprint density at radius 2 is 1.89 bits per heavy atom. The van der Waals surface area contributed by atoms with Gasteiger partial charge in [-0.05, 0) is 51.8 Å². The van der Waals surface area contributed by atoms with Crippen LogP contribution >= 0.6 is 27.5 Å². The number of phenolic OH excluding ortho intramolecular Hbond substituents is 1. The minimum absolute atomic E-state index is 0.125. The molecule has 19 heavy (non-hydrogen) atoms. The Morgan fingerprint density at radius 1 is 1.21 bits per heavy atom. The third-order valence-electron chi connectivity index (χ3n) is 2.50. The second kappa shape index (κ2) is 6.08. The molecule has 0 radical (unpaired) electrons. The molecule has 0 aliphatic rings. The molecular weight excluding hydrogens is 330 g/mol. The molecule has 0 aromatic heterocycles. The number of rotatable bonds is 3. The third kappa shape index (κ3) is 3.98. The molecule has 0 fully saturated rings. The first-order valence-electron chi connectivity index (χ1n) is 5.57. The zero-order valence-electron chi connectivity index (χ0n) is 9.86. The van der Waals surface area contributed by atoms with Gasteiger partial charge in [-0.2, -0.15) is 0 Å². The van der Waals surface area contributed by atoms with E-state index in [-0.39, 0.29) is 18.1 Å². The maximum absolute atomic E-state index is 11.8. The summed E-state index contributed by atoms with van der Waals surface area (Å²) in [5.74, 6) is 0.0608. The van der Waals surface area contributed by atoms with Crippen molar-refractivity contribution in [1.82, 2.24) is 0 Å². The Morgan fingerprint density at radius 3 is 2.53 bits per heavy atom. The lowest BCUT2D eigenvalue weighted by Gasteiger charge is -2.06. The van der Waals surface area contributed by atoms with E-state index in [0.29, 0.717) is 10.7 Å². The molecule has 0 atom stereocenters. The zero-order valence-corrected chi connectivity index (χ0v) is 12.2. The van der Waals surface area contributed by atoms with Crippen LogP contribution < -0.4 is 5.32 Å². The quantitative estimate of drug-likeness (QED) is 0.887. The van der Waals surface area contributed by atoms with Crippen molar-refractivity contribution in [3.63, 3.8) is 0 Å². The average Bonchev–Trinajstić information content (AvgIpc) is 2.37. The maximum atomic E-state index is 11.8. The normalized spacial score (nSPS) is 10.2. The molecule has 0 bridgehead atoms. The Bertz CT molecular complexity index is 599. The van der Waals surface area contributed by atoms with E-state index in [1.165, 1.54) is 0 Å². The number of hydrogen-bond acceptors (Lipinski definition) is 2. The summed E-state index contributed by atoms with van der Waals surface area (Å²) >= 11 is 9.18. The molecule has 2 N–H and O–H groups in total. The van der Waals surface area contributed by atoms with Gasteiger partial charge in [-0.3, -0.25) is 4.79 Å². The minimum atomic E-state index is -0.125. The molecule has 3 nitrogen and oxygen atoms in total. The summed E-state index contributed by atoms with van der Waals surface area (Å²) in [4.78, 5) is 11.8. The highest BCUT2D eigenvalue weighted by molar-refractivity contribution is 9.10. The van der Waals surface area contributed by atoms with Crippen LogP contribution in [-0.4, -0.2) is 11.0 Å². The van der Waals surface area contributed by atoms with Gasteiger partial charge >= 0.3 is 0 Å². The van der Waals surface area contributed by atoms with Crippen molar-refractivity contribution in [3.8, 4) is 5.75 Å². The molecule has 98 valence electrons. The average molecular weight is 341 g/mol. The van der Waals surface area contributed by atoms with Crippen molar-refractivity contribution in [3.05, 3.63) is 57.5 Å². The van der Waals surface area contributed by atoms with Crippen LogP contribution in [0.3, 0.4) is 0 Å². The van der Waals surface area contributed by atoms with Gasteiger partial charge in [0.1, 0.15) is 5.75 Å². The number of carbonyl (C=O) groups excluding carboxylic acids is 1. The van der Waals surface area contributed by atoms with Gasteiger partial charge in [0.2, 0.25) is 5.91 Å². The summed E-state index contributed by atoms with van der Waals surface area (Å²) in [6, 6.07) is 11.7. The van der Waals surface area contributed by atoms with E-state index in [1.54, 1.807) is 42.5 Å². The first-order chi connectivity index (χ1) is 9.04. The van der Waals surface area contributed by atoms with Crippen molar-refractivity contribution in [2.45, 2.75) is 6.42 Å². The highest BCUT2D eigenvalue weighted by atomic mass is 79.9. The first kappa shape index (κ1) is 13.9. The van der Waals surface area contributed by atoms with Gasteiger partial charge < -0.3 is 10.4 Å². The van der Waals surface area contributed by atoms with Gasteiger partial charge in [0, 0.05) is 10.2 Å². The lowest BCUT2D eigenvalue weighted by molar-refractivity contribution is -0.115.